The fourth-order valence-corrected chi connectivity index (χ4v) is 0.725. The lowest BCUT2D eigenvalue weighted by molar-refractivity contribution is 0.0936. The summed E-state index contributed by atoms with van der Waals surface area (Å²) >= 11 is 0. The number of hydrogen-bond acceptors (Lipinski definition) is 4. The summed E-state index contributed by atoms with van der Waals surface area (Å²) in [5.41, 5.74) is 6.36. The van der Waals surface area contributed by atoms with Crippen LogP contribution in [0.25, 0.3) is 0 Å². The van der Waals surface area contributed by atoms with Gasteiger partial charge in [0, 0.05) is 18.0 Å². The lowest BCUT2D eigenvalue weighted by atomic mass is 10.3. The fraction of sp³-hybridized carbons (Fsp3) is 0. The maximum Gasteiger partial charge on any atom is 0.347 e. The average molecular weight is 195 g/mol. The molecule has 7 nitrogen and oxygen atoms in total. The molecule has 0 unspecified atom stereocenters. The third-order valence-electron chi connectivity index (χ3n) is 1.36. The zero-order valence-corrected chi connectivity index (χ0v) is 7.15. The number of hydrazine groups is 2. The maximum absolute atomic E-state index is 11.2. The van der Waals surface area contributed by atoms with Crippen molar-refractivity contribution < 1.29 is 9.59 Å². The summed E-state index contributed by atoms with van der Waals surface area (Å²) in [6, 6.07) is 2.32. The molecule has 1 rings (SSSR count). The summed E-state index contributed by atoms with van der Waals surface area (Å²) in [6.07, 6.45) is 2.94. The number of amides is 3. The van der Waals surface area contributed by atoms with Gasteiger partial charge in [0.05, 0.1) is 0 Å². The Hall–Kier alpha value is -2.15. The van der Waals surface area contributed by atoms with Crippen LogP contribution in [0.1, 0.15) is 10.4 Å². The second-order valence-electron chi connectivity index (χ2n) is 2.29. The molecule has 5 N–H and O–H groups in total. The molecule has 74 valence electrons. The highest BCUT2D eigenvalue weighted by atomic mass is 16.2. The zero-order chi connectivity index (χ0) is 10.4. The first kappa shape index (κ1) is 9.93. The molecule has 0 aliphatic heterocycles. The number of nitrogens with one attached hydrogen (secondary N) is 3. The van der Waals surface area contributed by atoms with E-state index in [1.54, 1.807) is 5.43 Å². The highest BCUT2D eigenvalue weighted by Gasteiger charge is 2.04. The molecular weight excluding hydrogens is 186 g/mol. The van der Waals surface area contributed by atoms with Crippen molar-refractivity contribution in [3.8, 4) is 0 Å². The minimum Gasteiger partial charge on any atom is -0.275 e. The highest BCUT2D eigenvalue weighted by molar-refractivity contribution is 5.94. The van der Waals surface area contributed by atoms with Crippen molar-refractivity contribution in [3.05, 3.63) is 30.1 Å². The van der Waals surface area contributed by atoms with Gasteiger partial charge in [0.2, 0.25) is 0 Å². The van der Waals surface area contributed by atoms with E-state index in [0.29, 0.717) is 5.56 Å². The molecule has 1 aromatic rings. The van der Waals surface area contributed by atoms with Crippen molar-refractivity contribution in [2.45, 2.75) is 0 Å². The predicted molar refractivity (Wildman–Crippen MR) is 47.6 cm³/mol. The quantitative estimate of drug-likeness (QED) is 0.259. The Bertz CT molecular complexity index is 326. The number of rotatable bonds is 1. The Morgan fingerprint density at radius 2 is 1.86 bits per heavy atom. The minimum atomic E-state index is -0.701. The molecule has 14 heavy (non-hydrogen) atoms. The van der Waals surface area contributed by atoms with E-state index in [2.05, 4.69) is 10.4 Å². The van der Waals surface area contributed by atoms with Gasteiger partial charge in [-0.15, -0.1) is 0 Å². The van der Waals surface area contributed by atoms with Gasteiger partial charge >= 0.3 is 6.03 Å². The van der Waals surface area contributed by atoms with Gasteiger partial charge in [-0.25, -0.2) is 16.1 Å². The van der Waals surface area contributed by atoms with Crippen LogP contribution in [0, 0.1) is 0 Å². The Balaban J connectivity index is 2.48. The first-order valence-corrected chi connectivity index (χ1v) is 3.71. The summed E-state index contributed by atoms with van der Waals surface area (Å²) in [5.74, 6) is 4.33. The second kappa shape index (κ2) is 4.77. The lowest BCUT2D eigenvalue weighted by Crippen LogP contribution is -2.49. The second-order valence-corrected chi connectivity index (χ2v) is 2.29. The molecule has 0 aromatic carbocycles. The monoisotopic (exact) mass is 195 g/mol. The van der Waals surface area contributed by atoms with Gasteiger partial charge in [0.25, 0.3) is 5.91 Å². The normalized spacial score (nSPS) is 8.93. The zero-order valence-electron chi connectivity index (χ0n) is 7.15. The molecule has 0 radical (unpaired) electrons. The fourth-order valence-electron chi connectivity index (χ4n) is 0.725. The number of hydrogen-bond donors (Lipinski definition) is 4. The van der Waals surface area contributed by atoms with Crippen LogP contribution in [0.4, 0.5) is 4.79 Å². The van der Waals surface area contributed by atoms with E-state index >= 15 is 0 Å². The van der Waals surface area contributed by atoms with Crippen molar-refractivity contribution in [3.63, 3.8) is 0 Å². The van der Waals surface area contributed by atoms with Gasteiger partial charge in [-0.3, -0.25) is 20.6 Å². The largest absolute Gasteiger partial charge is 0.347 e. The van der Waals surface area contributed by atoms with Crippen LogP contribution < -0.4 is 22.1 Å². The van der Waals surface area contributed by atoms with Gasteiger partial charge in [-0.1, -0.05) is 0 Å². The molecule has 0 aliphatic rings. The van der Waals surface area contributed by atoms with Crippen LogP contribution in [0.5, 0.6) is 0 Å². The first-order chi connectivity index (χ1) is 6.74. The molecule has 0 saturated heterocycles. The minimum absolute atomic E-state index is 0.386. The highest BCUT2D eigenvalue weighted by Crippen LogP contribution is 1.93. The number of carbonyl (C=O) groups is 2. The number of urea groups is 1. The van der Waals surface area contributed by atoms with Crippen LogP contribution in [0.2, 0.25) is 0 Å². The van der Waals surface area contributed by atoms with Crippen molar-refractivity contribution >= 4 is 11.9 Å². The molecule has 7 heteroatoms. The van der Waals surface area contributed by atoms with E-state index in [1.165, 1.54) is 24.5 Å². The molecule has 1 aromatic heterocycles. The van der Waals surface area contributed by atoms with Crippen LogP contribution in [0.3, 0.4) is 0 Å². The van der Waals surface area contributed by atoms with Crippen molar-refractivity contribution in [1.29, 1.82) is 0 Å². The SMILES string of the molecule is NNC(=O)NNC(=O)c1ccncc1. The summed E-state index contributed by atoms with van der Waals surface area (Å²) < 4.78 is 0. The standard InChI is InChI=1S/C7H9N5O2/c8-10-7(14)12-11-6(13)5-1-3-9-4-2-5/h1-4H,8H2,(H,11,13)(H2,10,12,14). The van der Waals surface area contributed by atoms with E-state index in [9.17, 15) is 9.59 Å². The average Bonchev–Trinajstić information content (AvgIpc) is 2.26. The smallest absolute Gasteiger partial charge is 0.275 e. The van der Waals surface area contributed by atoms with Crippen molar-refractivity contribution in [1.82, 2.24) is 21.3 Å². The van der Waals surface area contributed by atoms with Gasteiger partial charge in [0.15, 0.2) is 0 Å². The Morgan fingerprint density at radius 3 is 2.43 bits per heavy atom. The van der Waals surface area contributed by atoms with Gasteiger partial charge in [-0.05, 0) is 12.1 Å². The summed E-state index contributed by atoms with van der Waals surface area (Å²) in [4.78, 5) is 25.6. The van der Waals surface area contributed by atoms with Gasteiger partial charge < -0.3 is 0 Å². The van der Waals surface area contributed by atoms with E-state index in [4.69, 9.17) is 5.84 Å². The van der Waals surface area contributed by atoms with Gasteiger partial charge in [0.1, 0.15) is 0 Å². The summed E-state index contributed by atoms with van der Waals surface area (Å²) in [5, 5.41) is 0. The van der Waals surface area contributed by atoms with E-state index in [-0.39, 0.29) is 0 Å². The molecule has 0 spiro atoms. The Kier molecular flexibility index (Phi) is 3.39. The van der Waals surface area contributed by atoms with Crippen LogP contribution >= 0.6 is 0 Å². The van der Waals surface area contributed by atoms with Crippen LogP contribution in [-0.2, 0) is 0 Å². The van der Waals surface area contributed by atoms with Crippen LogP contribution in [0.15, 0.2) is 24.5 Å². The van der Waals surface area contributed by atoms with Crippen LogP contribution in [-0.4, -0.2) is 16.9 Å². The summed E-state index contributed by atoms with van der Waals surface area (Å²) in [6.45, 7) is 0. The number of nitrogens with zero attached hydrogens (tertiary/aromatic N) is 1. The lowest BCUT2D eigenvalue weighted by Gasteiger charge is -2.05. The first-order valence-electron chi connectivity index (χ1n) is 3.71. The molecular formula is C7H9N5O2. The molecule has 0 saturated carbocycles. The molecule has 0 aliphatic carbocycles. The van der Waals surface area contributed by atoms with E-state index in [0.717, 1.165) is 0 Å². The van der Waals surface area contributed by atoms with Crippen molar-refractivity contribution in [2.75, 3.05) is 0 Å². The van der Waals surface area contributed by atoms with E-state index in [1.807, 2.05) is 5.43 Å². The topological polar surface area (TPSA) is 109 Å². The molecule has 0 bridgehead atoms. The number of pyridine rings is 1. The third-order valence-corrected chi connectivity index (χ3v) is 1.36. The summed E-state index contributed by atoms with van der Waals surface area (Å²) in [7, 11) is 0. The molecule has 1 heterocycles. The molecule has 3 amide bonds. The Morgan fingerprint density at radius 1 is 1.21 bits per heavy atom. The number of aromatic nitrogens is 1. The third kappa shape index (κ3) is 2.72. The van der Waals surface area contributed by atoms with E-state index < -0.39 is 11.9 Å². The predicted octanol–water partition coefficient (Wildman–Crippen LogP) is -1.10. The molecule has 0 fully saturated rings. The van der Waals surface area contributed by atoms with Crippen molar-refractivity contribution in [2.24, 2.45) is 5.84 Å². The number of nitrogens with two attached hydrogens (primary N) is 1. The van der Waals surface area contributed by atoms with Gasteiger partial charge in [-0.2, -0.15) is 0 Å². The number of carbonyl (C=O) groups excluding carboxylic acids is 2. The molecule has 0 atom stereocenters. The maximum atomic E-state index is 11.2. The Labute approximate surface area is 79.6 Å².